The third-order valence-corrected chi connectivity index (χ3v) is 4.10. The Hall–Kier alpha value is -0.120. The third-order valence-electron chi connectivity index (χ3n) is 4.10. The van der Waals surface area contributed by atoms with Gasteiger partial charge < -0.3 is 15.3 Å². The van der Waals surface area contributed by atoms with Crippen LogP contribution in [-0.2, 0) is 0 Å². The van der Waals surface area contributed by atoms with Gasteiger partial charge in [0.25, 0.3) is 0 Å². The molecule has 3 nitrogen and oxygen atoms in total. The fourth-order valence-corrected chi connectivity index (χ4v) is 2.63. The number of aliphatic hydroxyl groups is 1. The summed E-state index contributed by atoms with van der Waals surface area (Å²) in [6.07, 6.45) is 3.72. The summed E-state index contributed by atoms with van der Waals surface area (Å²) in [6.45, 7) is 11.0. The molecule has 0 aromatic rings. The molecule has 0 radical (unpaired) electrons. The molecule has 2 N–H and O–H groups in total. The van der Waals surface area contributed by atoms with Crippen LogP contribution in [0.25, 0.3) is 0 Å². The maximum absolute atomic E-state index is 9.92. The van der Waals surface area contributed by atoms with Crippen LogP contribution in [-0.4, -0.2) is 48.3 Å². The molecule has 2 aliphatic rings. The second kappa shape index (κ2) is 5.25. The first kappa shape index (κ1) is 13.3. The summed E-state index contributed by atoms with van der Waals surface area (Å²) < 4.78 is 0. The van der Waals surface area contributed by atoms with E-state index < -0.39 is 0 Å². The molecule has 17 heavy (non-hydrogen) atoms. The average molecular weight is 240 g/mol. The first-order chi connectivity index (χ1) is 7.96. The SMILES string of the molecule is CC1CCN(CC(C)(C)CNC2CC2)CC1O. The fraction of sp³-hybridized carbons (Fsp3) is 1.00. The lowest BCUT2D eigenvalue weighted by molar-refractivity contribution is 0.0145. The minimum absolute atomic E-state index is 0.129. The van der Waals surface area contributed by atoms with E-state index in [0.29, 0.717) is 11.3 Å². The van der Waals surface area contributed by atoms with Gasteiger partial charge in [0.1, 0.15) is 0 Å². The van der Waals surface area contributed by atoms with Crippen LogP contribution in [0.3, 0.4) is 0 Å². The van der Waals surface area contributed by atoms with Crippen molar-refractivity contribution in [2.75, 3.05) is 26.2 Å². The predicted octanol–water partition coefficient (Wildman–Crippen LogP) is 1.47. The Morgan fingerprint density at radius 2 is 2.00 bits per heavy atom. The summed E-state index contributed by atoms with van der Waals surface area (Å²) in [5.74, 6) is 0.471. The molecule has 2 atom stereocenters. The summed E-state index contributed by atoms with van der Waals surface area (Å²) in [5, 5.41) is 13.5. The molecule has 0 amide bonds. The second-order valence-electron chi connectivity index (χ2n) is 6.89. The number of nitrogens with one attached hydrogen (secondary N) is 1. The first-order valence-electron chi connectivity index (χ1n) is 7.10. The van der Waals surface area contributed by atoms with E-state index in [0.717, 1.165) is 38.6 Å². The van der Waals surface area contributed by atoms with Crippen molar-refractivity contribution in [3.63, 3.8) is 0 Å². The summed E-state index contributed by atoms with van der Waals surface area (Å²) >= 11 is 0. The predicted molar refractivity (Wildman–Crippen MR) is 71.0 cm³/mol. The molecule has 100 valence electrons. The van der Waals surface area contributed by atoms with Gasteiger partial charge >= 0.3 is 0 Å². The smallest absolute Gasteiger partial charge is 0.0693 e. The summed E-state index contributed by atoms with van der Waals surface area (Å²) in [5.41, 5.74) is 0.308. The number of nitrogens with zero attached hydrogens (tertiary/aromatic N) is 1. The molecule has 1 aliphatic carbocycles. The van der Waals surface area contributed by atoms with Crippen LogP contribution in [0.1, 0.15) is 40.0 Å². The van der Waals surface area contributed by atoms with Crippen molar-refractivity contribution in [3.05, 3.63) is 0 Å². The van der Waals surface area contributed by atoms with Crippen molar-refractivity contribution < 1.29 is 5.11 Å². The summed E-state index contributed by atoms with van der Waals surface area (Å²) in [4.78, 5) is 2.43. The molecule has 0 aromatic heterocycles. The van der Waals surface area contributed by atoms with Crippen molar-refractivity contribution in [1.82, 2.24) is 10.2 Å². The van der Waals surface area contributed by atoms with Crippen molar-refractivity contribution in [1.29, 1.82) is 0 Å². The van der Waals surface area contributed by atoms with Gasteiger partial charge in [-0.15, -0.1) is 0 Å². The minimum atomic E-state index is -0.129. The molecule has 2 unspecified atom stereocenters. The van der Waals surface area contributed by atoms with E-state index in [1.807, 2.05) is 0 Å². The van der Waals surface area contributed by atoms with E-state index in [2.05, 4.69) is 31.0 Å². The highest BCUT2D eigenvalue weighted by Gasteiger charge is 2.30. The van der Waals surface area contributed by atoms with E-state index in [1.165, 1.54) is 12.8 Å². The van der Waals surface area contributed by atoms with Crippen molar-refractivity contribution in [3.8, 4) is 0 Å². The standard InChI is InChI=1S/C14H28N2O/c1-11-6-7-16(8-13(11)17)10-14(2,3)9-15-12-4-5-12/h11-13,15,17H,4-10H2,1-3H3. The van der Waals surface area contributed by atoms with Crippen LogP contribution in [0.4, 0.5) is 0 Å². The van der Waals surface area contributed by atoms with Gasteiger partial charge in [-0.2, -0.15) is 0 Å². The molecule has 0 spiro atoms. The van der Waals surface area contributed by atoms with Crippen LogP contribution in [0.15, 0.2) is 0 Å². The van der Waals surface area contributed by atoms with Crippen LogP contribution in [0.2, 0.25) is 0 Å². The molecule has 0 bridgehead atoms. The molecule has 0 aromatic carbocycles. The van der Waals surface area contributed by atoms with Gasteiger partial charge in [-0.1, -0.05) is 20.8 Å². The maximum Gasteiger partial charge on any atom is 0.0693 e. The molecule has 2 fully saturated rings. The molecule has 1 aliphatic heterocycles. The van der Waals surface area contributed by atoms with Crippen LogP contribution < -0.4 is 5.32 Å². The maximum atomic E-state index is 9.92. The topological polar surface area (TPSA) is 35.5 Å². The van der Waals surface area contributed by atoms with E-state index in [4.69, 9.17) is 0 Å². The minimum Gasteiger partial charge on any atom is -0.392 e. The molecule has 3 heteroatoms. The highest BCUT2D eigenvalue weighted by Crippen LogP contribution is 2.24. The Kier molecular flexibility index (Phi) is 4.11. The van der Waals surface area contributed by atoms with E-state index >= 15 is 0 Å². The monoisotopic (exact) mass is 240 g/mol. The fourth-order valence-electron chi connectivity index (χ4n) is 2.63. The van der Waals surface area contributed by atoms with Gasteiger partial charge in [0.15, 0.2) is 0 Å². The van der Waals surface area contributed by atoms with Crippen molar-refractivity contribution in [2.45, 2.75) is 52.2 Å². The van der Waals surface area contributed by atoms with Gasteiger partial charge in [-0.05, 0) is 37.1 Å². The van der Waals surface area contributed by atoms with Crippen LogP contribution in [0, 0.1) is 11.3 Å². The Morgan fingerprint density at radius 1 is 1.29 bits per heavy atom. The lowest BCUT2D eigenvalue weighted by atomic mass is 9.89. The lowest BCUT2D eigenvalue weighted by Gasteiger charge is -2.39. The zero-order chi connectivity index (χ0) is 12.5. The highest BCUT2D eigenvalue weighted by molar-refractivity contribution is 4.87. The zero-order valence-electron chi connectivity index (χ0n) is 11.6. The Labute approximate surface area is 106 Å². The number of likely N-dealkylation sites (tertiary alicyclic amines) is 1. The molecule has 1 saturated carbocycles. The van der Waals surface area contributed by atoms with Gasteiger partial charge in [-0.3, -0.25) is 0 Å². The van der Waals surface area contributed by atoms with Gasteiger partial charge in [0, 0.05) is 25.7 Å². The van der Waals surface area contributed by atoms with Crippen LogP contribution >= 0.6 is 0 Å². The normalized spacial score (nSPS) is 31.8. The van der Waals surface area contributed by atoms with Crippen molar-refractivity contribution >= 4 is 0 Å². The number of hydrogen-bond donors (Lipinski definition) is 2. The quantitative estimate of drug-likeness (QED) is 0.764. The van der Waals surface area contributed by atoms with E-state index in [-0.39, 0.29) is 6.10 Å². The first-order valence-corrected chi connectivity index (χ1v) is 7.10. The Balaban J connectivity index is 1.74. The summed E-state index contributed by atoms with van der Waals surface area (Å²) in [7, 11) is 0. The zero-order valence-corrected chi connectivity index (χ0v) is 11.6. The Bertz CT molecular complexity index is 251. The number of piperidine rings is 1. The van der Waals surface area contributed by atoms with Gasteiger partial charge in [0.2, 0.25) is 0 Å². The number of aliphatic hydroxyl groups excluding tert-OH is 1. The third kappa shape index (κ3) is 4.23. The Morgan fingerprint density at radius 3 is 2.59 bits per heavy atom. The largest absolute Gasteiger partial charge is 0.392 e. The molecular formula is C14H28N2O. The number of β-amino-alcohol motifs (C(OH)–C–C–N with tert-alkyl or cyclic N) is 1. The molecule has 2 rings (SSSR count). The highest BCUT2D eigenvalue weighted by atomic mass is 16.3. The lowest BCUT2D eigenvalue weighted by Crippen LogP contribution is -2.48. The molecule has 1 saturated heterocycles. The van der Waals surface area contributed by atoms with Gasteiger partial charge in [0.05, 0.1) is 6.10 Å². The summed E-state index contributed by atoms with van der Waals surface area (Å²) in [6, 6.07) is 0.793. The number of rotatable bonds is 5. The number of hydrogen-bond acceptors (Lipinski definition) is 3. The van der Waals surface area contributed by atoms with Gasteiger partial charge in [-0.25, -0.2) is 0 Å². The molecule has 1 heterocycles. The average Bonchev–Trinajstić information content (AvgIpc) is 3.04. The van der Waals surface area contributed by atoms with Crippen molar-refractivity contribution in [2.24, 2.45) is 11.3 Å². The molecular weight excluding hydrogens is 212 g/mol. The van der Waals surface area contributed by atoms with E-state index in [9.17, 15) is 5.11 Å². The van der Waals surface area contributed by atoms with Crippen LogP contribution in [0.5, 0.6) is 0 Å². The second-order valence-corrected chi connectivity index (χ2v) is 6.89. The van der Waals surface area contributed by atoms with E-state index in [1.54, 1.807) is 0 Å².